The number of hydrogen-bond acceptors (Lipinski definition) is 3. The molecule has 0 amide bonds. The number of carboxylic acids is 1. The summed E-state index contributed by atoms with van der Waals surface area (Å²) in [6.45, 7) is 1.09. The lowest BCUT2D eigenvalue weighted by molar-refractivity contribution is -0.142. The maximum Gasteiger partial charge on any atom is 0.320 e. The Kier molecular flexibility index (Phi) is 6.10. The van der Waals surface area contributed by atoms with Gasteiger partial charge in [0.1, 0.15) is 24.2 Å². The normalized spacial score (nSPS) is 17.6. The van der Waals surface area contributed by atoms with Crippen molar-refractivity contribution in [2.24, 2.45) is 0 Å². The van der Waals surface area contributed by atoms with Gasteiger partial charge in [-0.15, -0.1) is 0 Å². The van der Waals surface area contributed by atoms with Gasteiger partial charge in [-0.05, 0) is 53.8 Å². The summed E-state index contributed by atoms with van der Waals surface area (Å²) in [4.78, 5) is 13.8. The molecule has 3 aromatic carbocycles. The molecule has 1 fully saturated rings. The average Bonchev–Trinajstić information content (AvgIpc) is 3.23. The highest BCUT2D eigenvalue weighted by Crippen LogP contribution is 2.36. The van der Waals surface area contributed by atoms with Crippen molar-refractivity contribution in [2.75, 3.05) is 6.54 Å². The minimum Gasteiger partial charge on any atom is -0.489 e. The van der Waals surface area contributed by atoms with Crippen LogP contribution in [-0.4, -0.2) is 28.6 Å². The molecule has 0 radical (unpaired) electrons. The van der Waals surface area contributed by atoms with Crippen molar-refractivity contribution in [3.63, 3.8) is 0 Å². The van der Waals surface area contributed by atoms with Crippen LogP contribution in [0.5, 0.6) is 5.75 Å². The van der Waals surface area contributed by atoms with E-state index in [0.29, 0.717) is 25.3 Å². The molecule has 4 nitrogen and oxygen atoms in total. The van der Waals surface area contributed by atoms with E-state index in [2.05, 4.69) is 0 Å². The Labute approximate surface area is 175 Å². The zero-order valence-corrected chi connectivity index (χ0v) is 16.6. The van der Waals surface area contributed by atoms with E-state index in [4.69, 9.17) is 4.74 Å². The van der Waals surface area contributed by atoms with Crippen molar-refractivity contribution >= 4 is 5.97 Å². The summed E-state index contributed by atoms with van der Waals surface area (Å²) >= 11 is 0. The number of aliphatic carboxylic acids is 1. The van der Waals surface area contributed by atoms with Gasteiger partial charge in [-0.25, -0.2) is 4.39 Å². The molecule has 0 bridgehead atoms. The van der Waals surface area contributed by atoms with Crippen LogP contribution in [0.25, 0.3) is 0 Å². The fourth-order valence-electron chi connectivity index (χ4n) is 4.13. The van der Waals surface area contributed by atoms with E-state index in [-0.39, 0.29) is 11.9 Å². The van der Waals surface area contributed by atoms with Gasteiger partial charge in [0.25, 0.3) is 0 Å². The molecule has 1 heterocycles. The van der Waals surface area contributed by atoms with Crippen LogP contribution < -0.4 is 4.74 Å². The van der Waals surface area contributed by atoms with Crippen LogP contribution >= 0.6 is 0 Å². The molecule has 1 N–H and O–H groups in total. The first-order chi connectivity index (χ1) is 14.6. The van der Waals surface area contributed by atoms with E-state index in [9.17, 15) is 14.3 Å². The summed E-state index contributed by atoms with van der Waals surface area (Å²) < 4.78 is 20.0. The molecule has 0 aliphatic carbocycles. The van der Waals surface area contributed by atoms with E-state index in [1.165, 1.54) is 12.1 Å². The van der Waals surface area contributed by atoms with Gasteiger partial charge in [-0.1, -0.05) is 54.6 Å². The summed E-state index contributed by atoms with van der Waals surface area (Å²) in [6.07, 6.45) is 1.39. The van der Waals surface area contributed by atoms with Gasteiger partial charge in [0.15, 0.2) is 0 Å². The van der Waals surface area contributed by atoms with Crippen LogP contribution in [0.15, 0.2) is 78.9 Å². The second-order valence-electron chi connectivity index (χ2n) is 7.54. The lowest BCUT2D eigenvalue weighted by Gasteiger charge is -2.32. The molecule has 3 aromatic rings. The van der Waals surface area contributed by atoms with E-state index < -0.39 is 12.0 Å². The molecule has 0 aromatic heterocycles. The monoisotopic (exact) mass is 405 g/mol. The third-order valence-electron chi connectivity index (χ3n) is 5.50. The average molecular weight is 405 g/mol. The Hall–Kier alpha value is -3.18. The first-order valence-electron chi connectivity index (χ1n) is 10.1. The Bertz CT molecular complexity index is 1010. The Morgan fingerprint density at radius 1 is 1.03 bits per heavy atom. The first-order valence-corrected chi connectivity index (χ1v) is 10.1. The number of nitrogens with zero attached hydrogens (tertiary/aromatic N) is 1. The van der Waals surface area contributed by atoms with Gasteiger partial charge in [0.05, 0.1) is 6.04 Å². The Balaban J connectivity index is 1.66. The zero-order chi connectivity index (χ0) is 20.9. The summed E-state index contributed by atoms with van der Waals surface area (Å²) in [5.41, 5.74) is 2.69. The number of hydrogen-bond donors (Lipinski definition) is 1. The lowest BCUT2D eigenvalue weighted by atomic mass is 9.96. The molecule has 0 spiro atoms. The molecule has 5 heteroatoms. The van der Waals surface area contributed by atoms with Gasteiger partial charge in [0, 0.05) is 6.54 Å². The van der Waals surface area contributed by atoms with Gasteiger partial charge in [-0.2, -0.15) is 0 Å². The molecule has 0 saturated carbocycles. The van der Waals surface area contributed by atoms with Crippen LogP contribution in [0, 0.1) is 5.82 Å². The molecule has 2 unspecified atom stereocenters. The van der Waals surface area contributed by atoms with Crippen molar-refractivity contribution in [1.29, 1.82) is 0 Å². The van der Waals surface area contributed by atoms with Crippen molar-refractivity contribution < 1.29 is 19.0 Å². The molecule has 4 rings (SSSR count). The van der Waals surface area contributed by atoms with Crippen molar-refractivity contribution in [1.82, 2.24) is 4.90 Å². The van der Waals surface area contributed by atoms with Crippen molar-refractivity contribution in [3.8, 4) is 5.75 Å². The number of benzene rings is 3. The number of ether oxygens (including phenoxy) is 1. The van der Waals surface area contributed by atoms with E-state index in [1.807, 2.05) is 65.6 Å². The molecular formula is C25H24FNO3. The summed E-state index contributed by atoms with van der Waals surface area (Å²) in [5.74, 6) is -0.478. The minimum absolute atomic E-state index is 0.333. The van der Waals surface area contributed by atoms with Gasteiger partial charge < -0.3 is 9.84 Å². The maximum atomic E-state index is 14.0. The fraction of sp³-hybridized carbons (Fsp3) is 0.240. The topological polar surface area (TPSA) is 49.8 Å². The first kappa shape index (κ1) is 20.1. The third-order valence-corrected chi connectivity index (χ3v) is 5.50. The Morgan fingerprint density at radius 3 is 2.50 bits per heavy atom. The van der Waals surface area contributed by atoms with Crippen LogP contribution in [0.1, 0.15) is 35.6 Å². The smallest absolute Gasteiger partial charge is 0.320 e. The highest BCUT2D eigenvalue weighted by atomic mass is 19.1. The van der Waals surface area contributed by atoms with Crippen LogP contribution in [0.3, 0.4) is 0 Å². The van der Waals surface area contributed by atoms with Crippen LogP contribution in [-0.2, 0) is 11.4 Å². The molecule has 154 valence electrons. The maximum absolute atomic E-state index is 14.0. The summed E-state index contributed by atoms with van der Waals surface area (Å²) in [7, 11) is 0. The van der Waals surface area contributed by atoms with Crippen molar-refractivity contribution in [3.05, 3.63) is 101 Å². The van der Waals surface area contributed by atoms with Crippen LogP contribution in [0.2, 0.25) is 0 Å². The number of carboxylic acid groups (broad SMARTS) is 1. The second-order valence-corrected chi connectivity index (χ2v) is 7.54. The summed E-state index contributed by atoms with van der Waals surface area (Å²) in [6, 6.07) is 23.0. The molecular weight excluding hydrogens is 381 g/mol. The van der Waals surface area contributed by atoms with E-state index >= 15 is 0 Å². The van der Waals surface area contributed by atoms with Crippen molar-refractivity contribution in [2.45, 2.75) is 31.5 Å². The number of rotatable bonds is 7. The number of halogens is 1. The zero-order valence-electron chi connectivity index (χ0n) is 16.6. The molecule has 1 aliphatic rings. The SMILES string of the molecule is O=C(O)C1CCCN1C(c1cccc(F)c1)c1cccc(OCc2ccccc2)c1. The third kappa shape index (κ3) is 4.52. The minimum atomic E-state index is -0.842. The van der Waals surface area contributed by atoms with E-state index in [0.717, 1.165) is 23.1 Å². The molecule has 30 heavy (non-hydrogen) atoms. The number of likely N-dealkylation sites (tertiary alicyclic amines) is 1. The fourth-order valence-corrected chi connectivity index (χ4v) is 4.13. The molecule has 2 atom stereocenters. The molecule has 1 saturated heterocycles. The van der Waals surface area contributed by atoms with Gasteiger partial charge in [-0.3, -0.25) is 9.69 Å². The Morgan fingerprint density at radius 2 is 1.77 bits per heavy atom. The van der Waals surface area contributed by atoms with Gasteiger partial charge in [0.2, 0.25) is 0 Å². The second kappa shape index (κ2) is 9.09. The standard InChI is InChI=1S/C25H24FNO3/c26-21-11-4-9-19(15-21)24(27-14-6-13-23(27)25(28)29)20-10-5-12-22(16-20)30-17-18-7-2-1-3-8-18/h1-5,7-12,15-16,23-24H,6,13-14,17H2,(H,28,29). The predicted octanol–water partition coefficient (Wildman–Crippen LogP) is 5.04. The van der Waals surface area contributed by atoms with Gasteiger partial charge >= 0.3 is 5.97 Å². The highest BCUT2D eigenvalue weighted by Gasteiger charge is 2.37. The number of carbonyl (C=O) groups is 1. The quantitative estimate of drug-likeness (QED) is 0.598. The summed E-state index contributed by atoms with van der Waals surface area (Å²) in [5, 5.41) is 9.71. The van der Waals surface area contributed by atoms with E-state index in [1.54, 1.807) is 6.07 Å². The van der Waals surface area contributed by atoms with Crippen LogP contribution in [0.4, 0.5) is 4.39 Å². The highest BCUT2D eigenvalue weighted by molar-refractivity contribution is 5.74. The lowest BCUT2D eigenvalue weighted by Crippen LogP contribution is -2.39. The molecule has 1 aliphatic heterocycles. The predicted molar refractivity (Wildman–Crippen MR) is 113 cm³/mol. The largest absolute Gasteiger partial charge is 0.489 e.